The molecule has 194 valence electrons. The van der Waals surface area contributed by atoms with E-state index in [4.69, 9.17) is 9.84 Å². The van der Waals surface area contributed by atoms with Crippen LogP contribution in [0.25, 0.3) is 0 Å². The van der Waals surface area contributed by atoms with Gasteiger partial charge in [-0.1, -0.05) is 19.4 Å². The van der Waals surface area contributed by atoms with E-state index in [0.717, 1.165) is 28.7 Å². The number of H-pyrrole nitrogens is 1. The number of esters is 1. The zero-order chi connectivity index (χ0) is 26.0. The van der Waals surface area contributed by atoms with E-state index in [9.17, 15) is 23.6 Å². The Morgan fingerprint density at radius 2 is 2.00 bits per heavy atom. The van der Waals surface area contributed by atoms with Crippen molar-refractivity contribution in [3.63, 3.8) is 0 Å². The van der Waals surface area contributed by atoms with Crippen molar-refractivity contribution in [3.05, 3.63) is 62.2 Å². The number of carboxylic acid groups (broad SMARTS) is 1. The fourth-order valence-electron chi connectivity index (χ4n) is 6.65. The van der Waals surface area contributed by atoms with Crippen molar-refractivity contribution < 1.29 is 23.8 Å². The molecule has 8 nitrogen and oxygen atoms in total. The summed E-state index contributed by atoms with van der Waals surface area (Å²) in [7, 11) is 0. The first-order valence-corrected chi connectivity index (χ1v) is 12.6. The minimum Gasteiger partial charge on any atom is -0.481 e. The van der Waals surface area contributed by atoms with E-state index in [2.05, 4.69) is 19.1 Å². The fourth-order valence-corrected chi connectivity index (χ4v) is 6.65. The number of ether oxygens (including phenoxy) is 1. The molecule has 3 aliphatic rings. The normalized spacial score (nSPS) is 26.0. The van der Waals surface area contributed by atoms with Crippen LogP contribution in [0, 0.1) is 23.1 Å². The van der Waals surface area contributed by atoms with Crippen molar-refractivity contribution in [2.24, 2.45) is 17.3 Å². The second-order valence-electron chi connectivity index (χ2n) is 10.5. The van der Waals surface area contributed by atoms with Crippen molar-refractivity contribution >= 4 is 11.9 Å². The molecular weight excluding hydrogens is 467 g/mol. The van der Waals surface area contributed by atoms with Crippen LogP contribution in [-0.4, -0.2) is 26.6 Å². The number of halogens is 1. The molecule has 2 aromatic rings. The highest BCUT2D eigenvalue weighted by atomic mass is 19.1. The standard InChI is InChI=1S/C20H26O2.C7H7FN2O4/c1-13(21)22-15-6-8-16-14(12-15)5-7-18-17(16)9-11-20(2)10-3-4-19(18)20;8-4-3-10(2-1-5(11)12)7(14)9-6(4)13/h6,8,12,17-19H,3-5,7,9-11H2,1-2H3;3H,1-2H2,(H,11,12)(H,9,13,14)/t17-,18-,19+,20+;/m1./s1. The largest absolute Gasteiger partial charge is 0.481 e. The Bertz CT molecular complexity index is 1270. The molecule has 0 radical (unpaired) electrons. The number of benzene rings is 1. The topological polar surface area (TPSA) is 118 Å². The number of hydrogen-bond donors (Lipinski definition) is 2. The lowest BCUT2D eigenvalue weighted by Gasteiger charge is -2.49. The van der Waals surface area contributed by atoms with Crippen LogP contribution in [0.3, 0.4) is 0 Å². The summed E-state index contributed by atoms with van der Waals surface area (Å²) >= 11 is 0. The van der Waals surface area contributed by atoms with E-state index >= 15 is 0 Å². The lowest BCUT2D eigenvalue weighted by atomic mass is 9.56. The molecule has 36 heavy (non-hydrogen) atoms. The number of aryl methyl sites for hydroxylation is 2. The molecule has 0 unspecified atom stereocenters. The summed E-state index contributed by atoms with van der Waals surface area (Å²) in [5.41, 5.74) is 1.65. The number of carboxylic acids is 1. The summed E-state index contributed by atoms with van der Waals surface area (Å²) in [4.78, 5) is 44.5. The molecule has 0 saturated heterocycles. The Hall–Kier alpha value is -3.23. The highest BCUT2D eigenvalue weighted by Crippen LogP contribution is 2.60. The molecule has 2 saturated carbocycles. The second kappa shape index (κ2) is 10.4. The smallest absolute Gasteiger partial charge is 0.328 e. The highest BCUT2D eigenvalue weighted by molar-refractivity contribution is 5.69. The number of rotatable bonds is 4. The Kier molecular flexibility index (Phi) is 7.47. The van der Waals surface area contributed by atoms with Crippen LogP contribution in [0.2, 0.25) is 0 Å². The minimum atomic E-state index is -1.12. The monoisotopic (exact) mass is 500 g/mol. The molecule has 2 fully saturated rings. The third-order valence-corrected chi connectivity index (χ3v) is 8.27. The molecule has 0 spiro atoms. The first-order chi connectivity index (χ1) is 17.1. The maximum atomic E-state index is 12.6. The van der Waals surface area contributed by atoms with Crippen LogP contribution < -0.4 is 16.0 Å². The highest BCUT2D eigenvalue weighted by Gasteiger charge is 2.50. The van der Waals surface area contributed by atoms with Crippen LogP contribution in [0.4, 0.5) is 4.39 Å². The molecule has 1 heterocycles. The van der Waals surface area contributed by atoms with Gasteiger partial charge in [0.05, 0.1) is 12.6 Å². The predicted octanol–water partition coefficient (Wildman–Crippen LogP) is 4.01. The number of aromatic amines is 1. The van der Waals surface area contributed by atoms with Crippen molar-refractivity contribution in [2.75, 3.05) is 0 Å². The summed E-state index contributed by atoms with van der Waals surface area (Å²) < 4.78 is 18.7. The van der Waals surface area contributed by atoms with E-state index < -0.39 is 23.0 Å². The lowest BCUT2D eigenvalue weighted by molar-refractivity contribution is -0.137. The molecule has 4 atom stereocenters. The summed E-state index contributed by atoms with van der Waals surface area (Å²) in [6, 6.07) is 6.34. The Balaban J connectivity index is 0.000000189. The van der Waals surface area contributed by atoms with Gasteiger partial charge in [-0.3, -0.25) is 23.9 Å². The molecule has 5 rings (SSSR count). The molecule has 0 amide bonds. The SMILES string of the molecule is CC(=O)Oc1ccc2c(c1)CC[C@@H]1[C@@H]2CC[C@]2(C)CCC[C@@H]12.O=C(O)CCn1cc(F)c(=O)[nH]c1=O. The van der Waals surface area contributed by atoms with E-state index in [1.165, 1.54) is 51.0 Å². The van der Waals surface area contributed by atoms with Gasteiger partial charge >= 0.3 is 17.6 Å². The van der Waals surface area contributed by atoms with Crippen molar-refractivity contribution in [1.82, 2.24) is 9.55 Å². The van der Waals surface area contributed by atoms with Gasteiger partial charge in [0.1, 0.15) is 5.75 Å². The van der Waals surface area contributed by atoms with Gasteiger partial charge in [-0.05, 0) is 85.0 Å². The van der Waals surface area contributed by atoms with E-state index in [1.54, 1.807) is 10.5 Å². The fraction of sp³-hybridized carbons (Fsp3) is 0.556. The summed E-state index contributed by atoms with van der Waals surface area (Å²) in [6.07, 6.45) is 9.90. The van der Waals surface area contributed by atoms with Crippen molar-refractivity contribution in [3.8, 4) is 5.75 Å². The number of aromatic nitrogens is 2. The first kappa shape index (κ1) is 25.9. The Labute approximate surface area is 208 Å². The van der Waals surface area contributed by atoms with Gasteiger partial charge in [0.15, 0.2) is 0 Å². The van der Waals surface area contributed by atoms with Gasteiger partial charge in [0.2, 0.25) is 5.82 Å². The van der Waals surface area contributed by atoms with Crippen LogP contribution in [0.1, 0.15) is 75.8 Å². The van der Waals surface area contributed by atoms with Crippen LogP contribution in [0.15, 0.2) is 34.0 Å². The molecule has 3 aliphatic carbocycles. The van der Waals surface area contributed by atoms with Crippen LogP contribution in [0.5, 0.6) is 5.75 Å². The van der Waals surface area contributed by atoms with Gasteiger partial charge in [0, 0.05) is 13.5 Å². The summed E-state index contributed by atoms with van der Waals surface area (Å²) in [6.45, 7) is 3.83. The van der Waals surface area contributed by atoms with Crippen molar-refractivity contribution in [2.45, 2.75) is 77.7 Å². The molecule has 0 aliphatic heterocycles. The predicted molar refractivity (Wildman–Crippen MR) is 131 cm³/mol. The molecule has 2 N–H and O–H groups in total. The van der Waals surface area contributed by atoms with E-state index in [0.29, 0.717) is 17.4 Å². The third kappa shape index (κ3) is 5.44. The van der Waals surface area contributed by atoms with E-state index in [-0.39, 0.29) is 18.9 Å². The number of hydrogen-bond acceptors (Lipinski definition) is 5. The van der Waals surface area contributed by atoms with Crippen LogP contribution >= 0.6 is 0 Å². The average molecular weight is 501 g/mol. The molecule has 1 aromatic carbocycles. The molecule has 9 heteroatoms. The van der Waals surface area contributed by atoms with Gasteiger partial charge in [-0.25, -0.2) is 4.79 Å². The molecule has 1 aromatic heterocycles. The zero-order valence-electron chi connectivity index (χ0n) is 20.7. The van der Waals surface area contributed by atoms with Crippen LogP contribution in [-0.2, 0) is 22.6 Å². The quantitative estimate of drug-likeness (QED) is 0.484. The molecular formula is C27H33FN2O6. The maximum absolute atomic E-state index is 12.6. The number of carbonyl (C=O) groups excluding carboxylic acids is 1. The summed E-state index contributed by atoms with van der Waals surface area (Å²) in [5, 5.41) is 8.31. The maximum Gasteiger partial charge on any atom is 0.328 e. The number of fused-ring (bicyclic) bond motifs is 5. The number of carbonyl (C=O) groups is 2. The number of nitrogens with zero attached hydrogens (tertiary/aromatic N) is 1. The van der Waals surface area contributed by atoms with Gasteiger partial charge in [0.25, 0.3) is 5.56 Å². The Morgan fingerprint density at radius 1 is 1.22 bits per heavy atom. The second-order valence-corrected chi connectivity index (χ2v) is 10.5. The minimum absolute atomic E-state index is 0.179. The number of aliphatic carboxylic acids is 1. The number of nitrogens with one attached hydrogen (secondary N) is 1. The first-order valence-electron chi connectivity index (χ1n) is 12.6. The van der Waals surface area contributed by atoms with Gasteiger partial charge in [-0.15, -0.1) is 0 Å². The third-order valence-electron chi connectivity index (χ3n) is 8.27. The summed E-state index contributed by atoms with van der Waals surface area (Å²) in [5.74, 6) is 0.824. The van der Waals surface area contributed by atoms with E-state index in [1.807, 2.05) is 6.07 Å². The Morgan fingerprint density at radius 3 is 2.72 bits per heavy atom. The lowest BCUT2D eigenvalue weighted by Crippen LogP contribution is -2.39. The zero-order valence-corrected chi connectivity index (χ0v) is 20.7. The van der Waals surface area contributed by atoms with Gasteiger partial charge < -0.3 is 9.84 Å². The van der Waals surface area contributed by atoms with Gasteiger partial charge in [-0.2, -0.15) is 4.39 Å². The average Bonchev–Trinajstić information content (AvgIpc) is 3.22. The molecule has 0 bridgehead atoms. The van der Waals surface area contributed by atoms with Crippen molar-refractivity contribution in [1.29, 1.82) is 0 Å².